The molecule has 1 aromatic carbocycles. The first-order valence-corrected chi connectivity index (χ1v) is 8.04. The van der Waals surface area contributed by atoms with Crippen LogP contribution in [0.1, 0.15) is 38.0 Å². The molecule has 4 heteroatoms. The number of aliphatic hydroxyl groups is 1. The molecule has 0 saturated carbocycles. The Kier molecular flexibility index (Phi) is 6.71. The van der Waals surface area contributed by atoms with Gasteiger partial charge in [-0.1, -0.05) is 48.0 Å². The van der Waals surface area contributed by atoms with E-state index in [4.69, 9.17) is 5.73 Å². The molecular weight excluding hydrogens is 310 g/mol. The molecule has 0 aliphatic rings. The standard InChI is InChI=1S/C14H22BrNOS/c1-4-13(16)14(18-10(3)9(2)17)11-7-5-6-8-12(11)15/h5-10,13-14,17H,4,16H2,1-3H3. The molecule has 0 aliphatic heterocycles. The molecule has 4 atom stereocenters. The fraction of sp³-hybridized carbons (Fsp3) is 0.571. The topological polar surface area (TPSA) is 46.2 Å². The monoisotopic (exact) mass is 331 g/mol. The Labute approximate surface area is 122 Å². The van der Waals surface area contributed by atoms with Crippen LogP contribution in [0, 0.1) is 0 Å². The lowest BCUT2D eigenvalue weighted by Crippen LogP contribution is -2.29. The van der Waals surface area contributed by atoms with Crippen molar-refractivity contribution in [3.05, 3.63) is 34.3 Å². The number of halogens is 1. The second-order valence-corrected chi connectivity index (χ2v) is 6.97. The first-order chi connectivity index (χ1) is 8.47. The molecule has 0 spiro atoms. The third kappa shape index (κ3) is 4.26. The summed E-state index contributed by atoms with van der Waals surface area (Å²) in [7, 11) is 0. The molecule has 1 aromatic rings. The van der Waals surface area contributed by atoms with Gasteiger partial charge >= 0.3 is 0 Å². The largest absolute Gasteiger partial charge is 0.392 e. The van der Waals surface area contributed by atoms with E-state index in [1.54, 1.807) is 11.8 Å². The highest BCUT2D eigenvalue weighted by atomic mass is 79.9. The van der Waals surface area contributed by atoms with Crippen molar-refractivity contribution in [1.29, 1.82) is 0 Å². The zero-order valence-corrected chi connectivity index (χ0v) is 13.5. The number of nitrogens with two attached hydrogens (primary N) is 1. The Morgan fingerprint density at radius 2 is 1.94 bits per heavy atom. The average molecular weight is 332 g/mol. The van der Waals surface area contributed by atoms with Crippen molar-refractivity contribution in [2.24, 2.45) is 5.73 Å². The number of hydrogen-bond acceptors (Lipinski definition) is 3. The Morgan fingerprint density at radius 3 is 2.44 bits per heavy atom. The minimum atomic E-state index is -0.330. The lowest BCUT2D eigenvalue weighted by Gasteiger charge is -2.28. The fourth-order valence-electron chi connectivity index (χ4n) is 1.67. The molecular formula is C14H22BrNOS. The maximum absolute atomic E-state index is 9.67. The van der Waals surface area contributed by atoms with Crippen LogP contribution >= 0.6 is 27.7 Å². The minimum Gasteiger partial charge on any atom is -0.392 e. The highest BCUT2D eigenvalue weighted by molar-refractivity contribution is 9.10. The third-order valence-electron chi connectivity index (χ3n) is 3.11. The van der Waals surface area contributed by atoms with Crippen LogP contribution in [0.4, 0.5) is 0 Å². The van der Waals surface area contributed by atoms with E-state index in [1.807, 2.05) is 32.0 Å². The predicted molar refractivity (Wildman–Crippen MR) is 83.9 cm³/mol. The van der Waals surface area contributed by atoms with Gasteiger partial charge in [-0.15, -0.1) is 11.8 Å². The van der Waals surface area contributed by atoms with Gasteiger partial charge in [-0.2, -0.15) is 0 Å². The molecule has 0 fully saturated rings. The number of hydrogen-bond donors (Lipinski definition) is 2. The van der Waals surface area contributed by atoms with E-state index in [9.17, 15) is 5.11 Å². The van der Waals surface area contributed by atoms with Crippen LogP contribution in [0.2, 0.25) is 0 Å². The maximum atomic E-state index is 9.67. The second kappa shape index (κ2) is 7.53. The van der Waals surface area contributed by atoms with Crippen molar-refractivity contribution in [1.82, 2.24) is 0 Å². The summed E-state index contributed by atoms with van der Waals surface area (Å²) < 4.78 is 1.09. The Balaban J connectivity index is 2.95. The smallest absolute Gasteiger partial charge is 0.0628 e. The van der Waals surface area contributed by atoms with Crippen molar-refractivity contribution in [2.45, 2.75) is 49.8 Å². The summed E-state index contributed by atoms with van der Waals surface area (Å²) in [6, 6.07) is 8.27. The summed E-state index contributed by atoms with van der Waals surface area (Å²) in [4.78, 5) is 0. The summed E-state index contributed by atoms with van der Waals surface area (Å²) >= 11 is 5.34. The number of benzene rings is 1. The Bertz CT molecular complexity index is 373. The summed E-state index contributed by atoms with van der Waals surface area (Å²) in [6.07, 6.45) is 0.593. The molecule has 3 N–H and O–H groups in total. The molecule has 18 heavy (non-hydrogen) atoms. The molecule has 0 saturated heterocycles. The average Bonchev–Trinajstić information content (AvgIpc) is 2.35. The van der Waals surface area contributed by atoms with Gasteiger partial charge in [-0.25, -0.2) is 0 Å². The van der Waals surface area contributed by atoms with E-state index in [1.165, 1.54) is 5.56 Å². The molecule has 0 bridgehead atoms. The zero-order valence-electron chi connectivity index (χ0n) is 11.1. The lowest BCUT2D eigenvalue weighted by molar-refractivity contribution is 0.196. The molecule has 0 heterocycles. The van der Waals surface area contributed by atoms with Crippen molar-refractivity contribution in [3.8, 4) is 0 Å². The summed E-state index contributed by atoms with van der Waals surface area (Å²) in [5.74, 6) is 0. The van der Waals surface area contributed by atoms with Crippen molar-refractivity contribution < 1.29 is 5.11 Å². The van der Waals surface area contributed by atoms with Crippen molar-refractivity contribution in [3.63, 3.8) is 0 Å². The highest BCUT2D eigenvalue weighted by Gasteiger charge is 2.25. The molecule has 0 aromatic heterocycles. The SMILES string of the molecule is CCC(N)C(SC(C)C(C)O)c1ccccc1Br. The molecule has 0 radical (unpaired) electrons. The Morgan fingerprint density at radius 1 is 1.33 bits per heavy atom. The van der Waals surface area contributed by atoms with Crippen molar-refractivity contribution >= 4 is 27.7 Å². The van der Waals surface area contributed by atoms with Crippen LogP contribution in [-0.4, -0.2) is 22.5 Å². The van der Waals surface area contributed by atoms with E-state index >= 15 is 0 Å². The normalized spacial score (nSPS) is 18.1. The first kappa shape index (κ1) is 16.0. The third-order valence-corrected chi connectivity index (χ3v) is 5.55. The van der Waals surface area contributed by atoms with E-state index in [2.05, 4.69) is 28.9 Å². The number of aliphatic hydroxyl groups excluding tert-OH is 1. The molecule has 4 unspecified atom stereocenters. The fourth-order valence-corrected chi connectivity index (χ4v) is 3.79. The van der Waals surface area contributed by atoms with Crippen LogP contribution in [-0.2, 0) is 0 Å². The number of thioether (sulfide) groups is 1. The zero-order chi connectivity index (χ0) is 13.7. The molecule has 0 amide bonds. The first-order valence-electron chi connectivity index (χ1n) is 6.30. The molecule has 102 valence electrons. The van der Waals surface area contributed by atoms with E-state index < -0.39 is 0 Å². The maximum Gasteiger partial charge on any atom is 0.0628 e. The Hall–Kier alpha value is -0.0300. The van der Waals surface area contributed by atoms with Crippen LogP contribution in [0.15, 0.2) is 28.7 Å². The van der Waals surface area contributed by atoms with Crippen LogP contribution in [0.5, 0.6) is 0 Å². The van der Waals surface area contributed by atoms with Crippen LogP contribution < -0.4 is 5.73 Å². The van der Waals surface area contributed by atoms with Crippen LogP contribution in [0.3, 0.4) is 0 Å². The van der Waals surface area contributed by atoms with E-state index in [0.29, 0.717) is 0 Å². The van der Waals surface area contributed by atoms with Gasteiger partial charge in [0.15, 0.2) is 0 Å². The van der Waals surface area contributed by atoms with E-state index in [-0.39, 0.29) is 22.6 Å². The predicted octanol–water partition coefficient (Wildman–Crippen LogP) is 3.73. The van der Waals surface area contributed by atoms with Gasteiger partial charge in [-0.3, -0.25) is 0 Å². The number of rotatable bonds is 6. The lowest BCUT2D eigenvalue weighted by atomic mass is 10.0. The summed E-state index contributed by atoms with van der Waals surface area (Å²) in [5, 5.41) is 10.0. The summed E-state index contributed by atoms with van der Waals surface area (Å²) in [5.41, 5.74) is 7.46. The van der Waals surface area contributed by atoms with Gasteiger partial charge in [0.2, 0.25) is 0 Å². The molecule has 1 rings (SSSR count). The van der Waals surface area contributed by atoms with Gasteiger partial charge in [0.1, 0.15) is 0 Å². The van der Waals surface area contributed by atoms with Gasteiger partial charge in [-0.05, 0) is 25.0 Å². The van der Waals surface area contributed by atoms with Gasteiger partial charge in [0.25, 0.3) is 0 Å². The molecule has 0 aliphatic carbocycles. The van der Waals surface area contributed by atoms with Gasteiger partial charge in [0.05, 0.1) is 6.10 Å². The highest BCUT2D eigenvalue weighted by Crippen LogP contribution is 2.39. The quantitative estimate of drug-likeness (QED) is 0.834. The van der Waals surface area contributed by atoms with Crippen LogP contribution in [0.25, 0.3) is 0 Å². The van der Waals surface area contributed by atoms with Gasteiger partial charge < -0.3 is 10.8 Å². The second-order valence-electron chi connectivity index (χ2n) is 4.60. The minimum absolute atomic E-state index is 0.0925. The van der Waals surface area contributed by atoms with E-state index in [0.717, 1.165) is 10.9 Å². The van der Waals surface area contributed by atoms with Crippen molar-refractivity contribution in [2.75, 3.05) is 0 Å². The van der Waals surface area contributed by atoms with Gasteiger partial charge in [0, 0.05) is 21.0 Å². The molecule has 2 nitrogen and oxygen atoms in total. The summed E-state index contributed by atoms with van der Waals surface area (Å²) in [6.45, 7) is 5.97.